The van der Waals surface area contributed by atoms with Crippen LogP contribution < -0.4 is 15.0 Å². The van der Waals surface area contributed by atoms with E-state index in [0.29, 0.717) is 44.4 Å². The summed E-state index contributed by atoms with van der Waals surface area (Å²) in [7, 11) is 1.70. The number of anilines is 3. The normalized spacial score (nSPS) is 18.6. The lowest BCUT2D eigenvalue weighted by Gasteiger charge is -2.28. The van der Waals surface area contributed by atoms with E-state index in [4.69, 9.17) is 9.47 Å². The second-order valence-electron chi connectivity index (χ2n) is 8.50. The van der Waals surface area contributed by atoms with Gasteiger partial charge in [0.2, 0.25) is 6.41 Å². The van der Waals surface area contributed by atoms with Crippen LogP contribution in [0.2, 0.25) is 0 Å². The zero-order valence-electron chi connectivity index (χ0n) is 19.8. The maximum absolute atomic E-state index is 14.1. The summed E-state index contributed by atoms with van der Waals surface area (Å²) in [5, 5.41) is 23.0. The second kappa shape index (κ2) is 11.1. The average molecular weight is 519 g/mol. The van der Waals surface area contributed by atoms with Gasteiger partial charge in [0.1, 0.15) is 33.5 Å². The second-order valence-corrected chi connectivity index (χ2v) is 9.48. The molecule has 1 amide bonds. The Hall–Kier alpha value is -3.35. The van der Waals surface area contributed by atoms with Crippen molar-refractivity contribution in [3.05, 3.63) is 35.9 Å². The molecule has 0 radical (unpaired) electrons. The summed E-state index contributed by atoms with van der Waals surface area (Å²) in [4.78, 5) is 33.4. The molecule has 0 saturated heterocycles. The quantitative estimate of drug-likeness (QED) is 0.344. The molecule has 1 aromatic carbocycles. The first kappa shape index (κ1) is 25.7. The molecular formula is C24H27FN4O6S. The first-order valence-electron chi connectivity index (χ1n) is 11.4. The number of carbonyl (C=O) groups excluding carboxylic acids is 1. The van der Waals surface area contributed by atoms with Gasteiger partial charge in [0.05, 0.1) is 29.9 Å². The summed E-state index contributed by atoms with van der Waals surface area (Å²) in [5.41, 5.74) is 1.07. The number of methoxy groups -OCH3 is 1. The molecule has 1 aliphatic rings. The Bertz CT molecular complexity index is 1250. The molecule has 3 N–H and O–H groups in total. The molecule has 2 heterocycles. The van der Waals surface area contributed by atoms with Gasteiger partial charge in [-0.05, 0) is 50.3 Å². The first-order chi connectivity index (χ1) is 17.4. The largest absolute Gasteiger partial charge is 0.488 e. The fourth-order valence-electron chi connectivity index (χ4n) is 4.34. The number of carbonyl (C=O) groups is 2. The average Bonchev–Trinajstić information content (AvgIpc) is 3.21. The van der Waals surface area contributed by atoms with Crippen molar-refractivity contribution in [2.75, 3.05) is 23.9 Å². The number of aromatic nitrogens is 2. The number of nitrogens with one attached hydrogen (secondary N) is 1. The molecule has 192 valence electrons. The smallest absolute Gasteiger partial charge is 0.329 e. The number of aliphatic hydroxyl groups excluding tert-OH is 1. The molecule has 0 spiro atoms. The number of rotatable bonds is 10. The Labute approximate surface area is 210 Å². The van der Waals surface area contributed by atoms with E-state index >= 15 is 0 Å². The number of aryl methyl sites for hydroxylation is 1. The van der Waals surface area contributed by atoms with Crippen molar-refractivity contribution < 1.29 is 33.7 Å². The van der Waals surface area contributed by atoms with E-state index in [2.05, 4.69) is 15.3 Å². The van der Waals surface area contributed by atoms with E-state index in [-0.39, 0.29) is 12.2 Å². The number of hydrogen-bond acceptors (Lipinski definition) is 9. The molecule has 0 unspecified atom stereocenters. The van der Waals surface area contributed by atoms with E-state index in [1.165, 1.54) is 18.5 Å². The van der Waals surface area contributed by atoms with Gasteiger partial charge >= 0.3 is 5.97 Å². The number of benzene rings is 1. The van der Waals surface area contributed by atoms with Crippen LogP contribution in [0.25, 0.3) is 10.2 Å². The van der Waals surface area contributed by atoms with Crippen LogP contribution in [0.5, 0.6) is 5.75 Å². The third kappa shape index (κ3) is 5.25. The Morgan fingerprint density at radius 3 is 2.67 bits per heavy atom. The highest BCUT2D eigenvalue weighted by molar-refractivity contribution is 7.23. The van der Waals surface area contributed by atoms with E-state index < -0.39 is 24.4 Å². The summed E-state index contributed by atoms with van der Waals surface area (Å²) in [6, 6.07) is 2.76. The molecule has 36 heavy (non-hydrogen) atoms. The molecule has 1 aliphatic carbocycles. The Balaban J connectivity index is 1.66. The Kier molecular flexibility index (Phi) is 7.97. The fraction of sp³-hybridized carbons (Fsp3) is 0.417. The number of carboxylic acid groups (broad SMARTS) is 1. The highest BCUT2D eigenvalue weighted by Crippen LogP contribution is 2.41. The Morgan fingerprint density at radius 2 is 2.03 bits per heavy atom. The van der Waals surface area contributed by atoms with E-state index in [9.17, 15) is 24.2 Å². The maximum Gasteiger partial charge on any atom is 0.329 e. The monoisotopic (exact) mass is 518 g/mol. The molecule has 1 atom stereocenters. The van der Waals surface area contributed by atoms with Gasteiger partial charge in [0, 0.05) is 13.2 Å². The molecule has 1 saturated carbocycles. The van der Waals surface area contributed by atoms with Crippen molar-refractivity contribution in [3.8, 4) is 5.75 Å². The van der Waals surface area contributed by atoms with E-state index in [1.807, 2.05) is 0 Å². The third-order valence-electron chi connectivity index (χ3n) is 6.29. The SMILES string of the molecule is COC1CCC(Oc2cc(F)ccc2Nc2ncnc3sc(N(C=O)[C@@H](CO)C(=O)O)c(C)c23)CC1. The molecule has 0 aliphatic heterocycles. The number of fused-ring (bicyclic) bond motifs is 1. The van der Waals surface area contributed by atoms with E-state index in [1.54, 1.807) is 20.1 Å². The number of amides is 1. The summed E-state index contributed by atoms with van der Waals surface area (Å²) in [6.07, 6.45) is 5.14. The minimum atomic E-state index is -1.44. The van der Waals surface area contributed by atoms with Crippen LogP contribution in [0, 0.1) is 12.7 Å². The highest BCUT2D eigenvalue weighted by Gasteiger charge is 2.29. The number of ether oxygens (including phenoxy) is 2. The number of halogens is 1. The summed E-state index contributed by atoms with van der Waals surface area (Å²) in [6.45, 7) is 0.965. The van der Waals surface area contributed by atoms with Crippen LogP contribution in [0.15, 0.2) is 24.5 Å². The highest BCUT2D eigenvalue weighted by atomic mass is 32.1. The van der Waals surface area contributed by atoms with Crippen LogP contribution in [0.1, 0.15) is 31.2 Å². The maximum atomic E-state index is 14.1. The summed E-state index contributed by atoms with van der Waals surface area (Å²) in [5.74, 6) is -1.04. The van der Waals surface area contributed by atoms with Crippen LogP contribution >= 0.6 is 11.3 Å². The molecule has 4 rings (SSSR count). The van der Waals surface area contributed by atoms with Gasteiger partial charge in [0.25, 0.3) is 0 Å². The first-order valence-corrected chi connectivity index (χ1v) is 12.2. The molecule has 12 heteroatoms. The number of hydrogen-bond donors (Lipinski definition) is 3. The molecular weight excluding hydrogens is 491 g/mol. The van der Waals surface area contributed by atoms with Crippen LogP contribution in [-0.2, 0) is 14.3 Å². The lowest BCUT2D eigenvalue weighted by molar-refractivity contribution is -0.140. The standard InChI is InChI=1S/C24H27FN4O6S/c1-13-20-21(26-11-27-22(20)36-23(13)29(12-31)18(10-30)24(32)33)28-17-8-3-14(25)9-19(17)35-16-6-4-15(34-2)5-7-16/h3,8-9,11-12,15-16,18,30H,4-7,10H2,1-2H3,(H,32,33)(H,26,27,28)/t15?,16?,18-/m0/s1. The van der Waals surface area contributed by atoms with Gasteiger partial charge in [-0.2, -0.15) is 0 Å². The van der Waals surface area contributed by atoms with Gasteiger partial charge in [-0.15, -0.1) is 0 Å². The number of aliphatic carboxylic acids is 1. The van der Waals surface area contributed by atoms with Crippen LogP contribution in [0.4, 0.5) is 20.9 Å². The predicted octanol–water partition coefficient (Wildman–Crippen LogP) is 3.63. The fourth-order valence-corrected chi connectivity index (χ4v) is 5.50. The Morgan fingerprint density at radius 1 is 1.31 bits per heavy atom. The topological polar surface area (TPSA) is 134 Å². The van der Waals surface area contributed by atoms with Crippen molar-refractivity contribution >= 4 is 50.4 Å². The summed E-state index contributed by atoms with van der Waals surface area (Å²) >= 11 is 1.11. The van der Waals surface area contributed by atoms with Crippen molar-refractivity contribution in [2.45, 2.75) is 50.9 Å². The summed E-state index contributed by atoms with van der Waals surface area (Å²) < 4.78 is 25.7. The lowest BCUT2D eigenvalue weighted by Crippen LogP contribution is -2.43. The zero-order chi connectivity index (χ0) is 25.8. The van der Waals surface area contributed by atoms with Crippen molar-refractivity contribution in [3.63, 3.8) is 0 Å². The number of aliphatic hydroxyl groups is 1. The molecule has 3 aromatic rings. The van der Waals surface area contributed by atoms with Gasteiger partial charge in [-0.3, -0.25) is 9.69 Å². The zero-order valence-corrected chi connectivity index (χ0v) is 20.6. The molecule has 10 nitrogen and oxygen atoms in total. The third-order valence-corrected chi connectivity index (χ3v) is 7.50. The van der Waals surface area contributed by atoms with Crippen LogP contribution in [0.3, 0.4) is 0 Å². The number of thiophene rings is 1. The minimum absolute atomic E-state index is 0.0776. The van der Waals surface area contributed by atoms with Crippen molar-refractivity contribution in [2.24, 2.45) is 0 Å². The van der Waals surface area contributed by atoms with Gasteiger partial charge in [0.15, 0.2) is 6.04 Å². The van der Waals surface area contributed by atoms with Crippen molar-refractivity contribution in [1.82, 2.24) is 9.97 Å². The van der Waals surface area contributed by atoms with Crippen molar-refractivity contribution in [1.29, 1.82) is 0 Å². The molecule has 1 fully saturated rings. The minimum Gasteiger partial charge on any atom is -0.488 e. The molecule has 2 aromatic heterocycles. The lowest BCUT2D eigenvalue weighted by atomic mass is 9.95. The van der Waals surface area contributed by atoms with Crippen LogP contribution in [-0.4, -0.2) is 64.5 Å². The predicted molar refractivity (Wildman–Crippen MR) is 133 cm³/mol. The number of carboxylic acids is 1. The van der Waals surface area contributed by atoms with E-state index in [0.717, 1.165) is 41.9 Å². The van der Waals surface area contributed by atoms with Gasteiger partial charge in [-0.25, -0.2) is 19.2 Å². The van der Waals surface area contributed by atoms with Gasteiger partial charge < -0.3 is 25.0 Å². The van der Waals surface area contributed by atoms with Gasteiger partial charge in [-0.1, -0.05) is 11.3 Å². The number of nitrogens with zero attached hydrogens (tertiary/aromatic N) is 3. The molecule has 0 bridgehead atoms.